The average molecular weight is 320 g/mol. The molecule has 76 valence electrons. The van der Waals surface area contributed by atoms with Gasteiger partial charge in [0.25, 0.3) is 0 Å². The standard InChI is InChI=1S/C10H13N2S.HI/c1-12(2,3)10-6-4-9(5-7-10)11-8-13;/h4-7H,1-3H3;1H/q+1;/p-1. The Morgan fingerprint density at radius 3 is 2.00 bits per heavy atom. The lowest BCUT2D eigenvalue weighted by molar-refractivity contribution is -0.00000287. The van der Waals surface area contributed by atoms with Crippen molar-refractivity contribution in [2.45, 2.75) is 0 Å². The second kappa shape index (κ2) is 5.56. The molecule has 0 spiro atoms. The first-order valence-corrected chi connectivity index (χ1v) is 4.45. The molecule has 2 nitrogen and oxygen atoms in total. The van der Waals surface area contributed by atoms with Crippen molar-refractivity contribution >= 4 is 28.8 Å². The van der Waals surface area contributed by atoms with Crippen LogP contribution in [0.1, 0.15) is 0 Å². The number of nitrogens with zero attached hydrogens (tertiary/aromatic N) is 2. The molecule has 0 heterocycles. The summed E-state index contributed by atoms with van der Waals surface area (Å²) >= 11 is 4.52. The molecule has 0 saturated carbocycles. The van der Waals surface area contributed by atoms with E-state index in [1.54, 1.807) is 0 Å². The van der Waals surface area contributed by atoms with Gasteiger partial charge in [0.05, 0.1) is 32.0 Å². The van der Waals surface area contributed by atoms with Gasteiger partial charge in [0.15, 0.2) is 0 Å². The summed E-state index contributed by atoms with van der Waals surface area (Å²) in [4.78, 5) is 3.89. The SMILES string of the molecule is C[N+](C)(C)c1ccc(N=C=S)cc1.[I-]. The highest BCUT2D eigenvalue weighted by Gasteiger charge is 2.10. The lowest BCUT2D eigenvalue weighted by atomic mass is 10.2. The number of hydrogen-bond donors (Lipinski definition) is 0. The highest BCUT2D eigenvalue weighted by Crippen LogP contribution is 2.20. The molecule has 1 aromatic rings. The van der Waals surface area contributed by atoms with E-state index >= 15 is 0 Å². The molecule has 0 atom stereocenters. The number of halogens is 1. The second-order valence-electron chi connectivity index (χ2n) is 3.73. The number of aliphatic imine (C=N–C) groups is 1. The molecule has 0 radical (unpaired) electrons. The molecule has 1 rings (SSSR count). The molecule has 0 bridgehead atoms. The van der Waals surface area contributed by atoms with Crippen molar-refractivity contribution in [3.05, 3.63) is 24.3 Å². The van der Waals surface area contributed by atoms with E-state index < -0.39 is 0 Å². The highest BCUT2D eigenvalue weighted by atomic mass is 127. The summed E-state index contributed by atoms with van der Waals surface area (Å²) in [7, 11) is 6.37. The minimum atomic E-state index is 0. The van der Waals surface area contributed by atoms with Crippen LogP contribution < -0.4 is 28.5 Å². The van der Waals surface area contributed by atoms with E-state index in [9.17, 15) is 0 Å². The van der Waals surface area contributed by atoms with Crippen molar-refractivity contribution in [3.8, 4) is 0 Å². The smallest absolute Gasteiger partial charge is 0.132 e. The molecule has 0 unspecified atom stereocenters. The molecular weight excluding hydrogens is 307 g/mol. The Morgan fingerprint density at radius 1 is 1.14 bits per heavy atom. The molecule has 0 aliphatic rings. The van der Waals surface area contributed by atoms with E-state index in [2.05, 4.69) is 43.5 Å². The van der Waals surface area contributed by atoms with E-state index in [4.69, 9.17) is 0 Å². The summed E-state index contributed by atoms with van der Waals surface area (Å²) in [6.07, 6.45) is 0. The lowest BCUT2D eigenvalue weighted by Gasteiger charge is -2.23. The van der Waals surface area contributed by atoms with Crippen molar-refractivity contribution in [1.82, 2.24) is 4.48 Å². The first-order valence-electron chi connectivity index (χ1n) is 4.04. The Kier molecular flexibility index (Phi) is 5.44. The molecule has 4 heteroatoms. The third-order valence-electron chi connectivity index (χ3n) is 1.80. The quantitative estimate of drug-likeness (QED) is 0.313. The zero-order chi connectivity index (χ0) is 9.90. The molecule has 0 aliphatic carbocycles. The summed E-state index contributed by atoms with van der Waals surface area (Å²) in [5, 5.41) is 2.35. The number of hydrogen-bond acceptors (Lipinski definition) is 2. The third-order valence-corrected chi connectivity index (χ3v) is 1.89. The van der Waals surface area contributed by atoms with Crippen molar-refractivity contribution in [2.24, 2.45) is 4.99 Å². The van der Waals surface area contributed by atoms with Crippen LogP contribution in [0.25, 0.3) is 0 Å². The van der Waals surface area contributed by atoms with Crippen LogP contribution in [0, 0.1) is 0 Å². The van der Waals surface area contributed by atoms with Crippen LogP contribution in [0.4, 0.5) is 11.4 Å². The maximum atomic E-state index is 4.52. The fourth-order valence-electron chi connectivity index (χ4n) is 1.03. The van der Waals surface area contributed by atoms with Crippen LogP contribution in [-0.4, -0.2) is 26.3 Å². The largest absolute Gasteiger partial charge is 1.00 e. The number of isothiocyanates is 1. The molecule has 0 aromatic heterocycles. The van der Waals surface area contributed by atoms with Crippen LogP contribution in [0.5, 0.6) is 0 Å². The van der Waals surface area contributed by atoms with Gasteiger partial charge in [0, 0.05) is 12.1 Å². The van der Waals surface area contributed by atoms with E-state index in [1.807, 2.05) is 24.3 Å². The van der Waals surface area contributed by atoms with Crippen molar-refractivity contribution in [2.75, 3.05) is 21.1 Å². The maximum Gasteiger partial charge on any atom is 0.132 e. The van der Waals surface area contributed by atoms with E-state index in [-0.39, 0.29) is 24.0 Å². The number of benzene rings is 1. The Morgan fingerprint density at radius 2 is 1.64 bits per heavy atom. The highest BCUT2D eigenvalue weighted by molar-refractivity contribution is 7.78. The predicted molar refractivity (Wildman–Crippen MR) is 60.7 cm³/mol. The van der Waals surface area contributed by atoms with Crippen molar-refractivity contribution < 1.29 is 24.0 Å². The van der Waals surface area contributed by atoms with Gasteiger partial charge in [-0.3, -0.25) is 4.48 Å². The first kappa shape index (κ1) is 13.7. The van der Waals surface area contributed by atoms with Crippen LogP contribution in [0.2, 0.25) is 0 Å². The van der Waals surface area contributed by atoms with E-state index in [0.717, 1.165) is 10.2 Å². The molecule has 0 aliphatic heterocycles. The lowest BCUT2D eigenvalue weighted by Crippen LogP contribution is -3.00. The van der Waals surface area contributed by atoms with Crippen molar-refractivity contribution in [1.29, 1.82) is 0 Å². The molecular formula is C10H13IN2S. The van der Waals surface area contributed by atoms with Crippen molar-refractivity contribution in [3.63, 3.8) is 0 Å². The molecule has 1 aromatic carbocycles. The summed E-state index contributed by atoms with van der Waals surface area (Å²) < 4.78 is 0.807. The normalized spacial score (nSPS) is 9.93. The average Bonchev–Trinajstić information content (AvgIpc) is 2.04. The van der Waals surface area contributed by atoms with Gasteiger partial charge in [-0.05, 0) is 24.4 Å². The van der Waals surface area contributed by atoms with Gasteiger partial charge in [-0.15, -0.1) is 0 Å². The molecule has 0 N–H and O–H groups in total. The summed E-state index contributed by atoms with van der Waals surface area (Å²) in [6, 6.07) is 7.98. The zero-order valence-electron chi connectivity index (χ0n) is 8.49. The van der Waals surface area contributed by atoms with Gasteiger partial charge < -0.3 is 24.0 Å². The van der Waals surface area contributed by atoms with Gasteiger partial charge >= 0.3 is 0 Å². The minimum Gasteiger partial charge on any atom is -1.00 e. The second-order valence-corrected chi connectivity index (χ2v) is 3.91. The predicted octanol–water partition coefficient (Wildman–Crippen LogP) is -0.378. The van der Waals surface area contributed by atoms with E-state index in [1.165, 1.54) is 5.69 Å². The Hall–Kier alpha value is -0.290. The van der Waals surface area contributed by atoms with Gasteiger partial charge in [0.2, 0.25) is 0 Å². The first-order chi connectivity index (χ1) is 6.04. The number of quaternary nitrogens is 1. The van der Waals surface area contributed by atoms with Gasteiger partial charge in [-0.2, -0.15) is 4.99 Å². The fourth-order valence-corrected chi connectivity index (χ4v) is 1.13. The Balaban J connectivity index is 0.00000169. The zero-order valence-corrected chi connectivity index (χ0v) is 11.5. The topological polar surface area (TPSA) is 12.4 Å². The van der Waals surface area contributed by atoms with Crippen LogP contribution >= 0.6 is 12.2 Å². The number of thiocarbonyl (C=S) groups is 1. The summed E-state index contributed by atoms with van der Waals surface area (Å²) in [5.74, 6) is 0. The monoisotopic (exact) mass is 320 g/mol. The minimum absolute atomic E-state index is 0. The van der Waals surface area contributed by atoms with Crippen LogP contribution in [0.15, 0.2) is 29.3 Å². The number of rotatable bonds is 2. The van der Waals surface area contributed by atoms with Gasteiger partial charge in [-0.25, -0.2) is 0 Å². The Labute approximate surface area is 107 Å². The molecule has 0 saturated heterocycles. The molecule has 0 amide bonds. The van der Waals surface area contributed by atoms with Crippen LogP contribution in [-0.2, 0) is 0 Å². The van der Waals surface area contributed by atoms with Gasteiger partial charge in [-0.1, -0.05) is 0 Å². The van der Waals surface area contributed by atoms with Crippen LogP contribution in [0.3, 0.4) is 0 Å². The molecule has 14 heavy (non-hydrogen) atoms. The Bertz CT molecular complexity index is 334. The molecule has 0 fully saturated rings. The fraction of sp³-hybridized carbons (Fsp3) is 0.300. The summed E-state index contributed by atoms with van der Waals surface area (Å²) in [6.45, 7) is 0. The summed E-state index contributed by atoms with van der Waals surface area (Å²) in [5.41, 5.74) is 2.09. The van der Waals surface area contributed by atoms with Gasteiger partial charge in [0.1, 0.15) is 5.69 Å². The van der Waals surface area contributed by atoms with E-state index in [0.29, 0.717) is 0 Å². The maximum absolute atomic E-state index is 4.52. The third kappa shape index (κ3) is 3.84.